The van der Waals surface area contributed by atoms with Crippen LogP contribution in [0.25, 0.3) is 11.1 Å². The maximum atomic E-state index is 12.6. The Morgan fingerprint density at radius 3 is 2.21 bits per heavy atom. The molecule has 0 radical (unpaired) electrons. The second-order valence-electron chi connectivity index (χ2n) is 9.33. The number of likely N-dealkylation sites (tertiary alicyclic amines) is 1. The van der Waals surface area contributed by atoms with Crippen LogP contribution < -0.4 is 5.32 Å². The largest absolute Gasteiger partial charge is 0.481 e. The summed E-state index contributed by atoms with van der Waals surface area (Å²) in [4.78, 5) is 37.7. The molecule has 2 N–H and O–H groups in total. The molecule has 1 fully saturated rings. The van der Waals surface area contributed by atoms with E-state index < -0.39 is 12.1 Å². The van der Waals surface area contributed by atoms with Gasteiger partial charge in [0.05, 0.1) is 0 Å². The van der Waals surface area contributed by atoms with Crippen molar-refractivity contribution in [3.8, 4) is 11.1 Å². The number of aliphatic carboxylic acids is 1. The number of fused-ring (bicyclic) bond motifs is 3. The molecule has 0 aromatic heterocycles. The second kappa shape index (κ2) is 10.7. The summed E-state index contributed by atoms with van der Waals surface area (Å²) in [6.07, 6.45) is 2.19. The molecular formula is C27H32N2O5. The predicted octanol–water partition coefficient (Wildman–Crippen LogP) is 4.41. The van der Waals surface area contributed by atoms with E-state index in [-0.39, 0.29) is 37.3 Å². The first kappa shape index (κ1) is 23.8. The van der Waals surface area contributed by atoms with Crippen LogP contribution in [0.1, 0.15) is 56.1 Å². The van der Waals surface area contributed by atoms with Crippen LogP contribution in [-0.4, -0.2) is 53.7 Å². The van der Waals surface area contributed by atoms with Gasteiger partial charge in [-0.1, -0.05) is 48.5 Å². The molecule has 1 aliphatic carbocycles. The lowest BCUT2D eigenvalue weighted by Crippen LogP contribution is -2.42. The van der Waals surface area contributed by atoms with Crippen molar-refractivity contribution in [1.29, 1.82) is 0 Å². The topological polar surface area (TPSA) is 95.9 Å². The highest BCUT2D eigenvalue weighted by atomic mass is 16.5. The number of nitrogens with one attached hydrogen (secondary N) is 1. The third-order valence-electron chi connectivity index (χ3n) is 6.92. The van der Waals surface area contributed by atoms with Gasteiger partial charge >= 0.3 is 12.1 Å². The van der Waals surface area contributed by atoms with Gasteiger partial charge in [0.15, 0.2) is 0 Å². The summed E-state index contributed by atoms with van der Waals surface area (Å²) in [7, 11) is 0. The first-order valence-electron chi connectivity index (χ1n) is 12.0. The molecule has 180 valence electrons. The van der Waals surface area contributed by atoms with Gasteiger partial charge in [-0.15, -0.1) is 0 Å². The number of carboxylic acid groups (broad SMARTS) is 1. The summed E-state index contributed by atoms with van der Waals surface area (Å²) in [5.74, 6) is -0.413. The van der Waals surface area contributed by atoms with Gasteiger partial charge in [-0.2, -0.15) is 0 Å². The van der Waals surface area contributed by atoms with Gasteiger partial charge in [0.2, 0.25) is 5.91 Å². The van der Waals surface area contributed by atoms with E-state index in [1.54, 1.807) is 6.92 Å². The van der Waals surface area contributed by atoms with Gasteiger partial charge in [-0.05, 0) is 54.4 Å². The summed E-state index contributed by atoms with van der Waals surface area (Å²) < 4.78 is 5.57. The number of ether oxygens (including phenoxy) is 1. The molecule has 2 amide bonds. The van der Waals surface area contributed by atoms with E-state index in [2.05, 4.69) is 29.6 Å². The van der Waals surface area contributed by atoms with E-state index in [9.17, 15) is 14.4 Å². The third kappa shape index (κ3) is 5.58. The van der Waals surface area contributed by atoms with Crippen molar-refractivity contribution in [2.45, 2.75) is 51.0 Å². The van der Waals surface area contributed by atoms with Gasteiger partial charge in [0.25, 0.3) is 0 Å². The summed E-state index contributed by atoms with van der Waals surface area (Å²) >= 11 is 0. The summed E-state index contributed by atoms with van der Waals surface area (Å²) in [5, 5.41) is 11.6. The molecule has 1 unspecified atom stereocenters. The van der Waals surface area contributed by atoms with Crippen molar-refractivity contribution in [3.63, 3.8) is 0 Å². The molecule has 4 rings (SSSR count). The SMILES string of the molecule is CC(CC(=O)N1CCC(CCC(=O)O)CC1)NC(=O)OCC1c2ccccc2-c2ccccc21. The van der Waals surface area contributed by atoms with E-state index >= 15 is 0 Å². The van der Waals surface area contributed by atoms with Crippen molar-refractivity contribution in [3.05, 3.63) is 59.7 Å². The van der Waals surface area contributed by atoms with Gasteiger partial charge in [-0.3, -0.25) is 9.59 Å². The standard InChI is InChI=1S/C27H32N2O5/c1-18(16-25(30)29-14-12-19(13-15-29)10-11-26(31)32)28-27(33)34-17-24-22-8-4-2-6-20(22)21-7-3-5-9-23(21)24/h2-9,18-19,24H,10-17H2,1H3,(H,28,33)(H,31,32). The number of nitrogens with zero attached hydrogens (tertiary/aromatic N) is 1. The van der Waals surface area contributed by atoms with Crippen molar-refractivity contribution in [2.75, 3.05) is 19.7 Å². The van der Waals surface area contributed by atoms with Gasteiger partial charge in [0.1, 0.15) is 6.61 Å². The normalized spacial score (nSPS) is 16.4. The fraction of sp³-hybridized carbons (Fsp3) is 0.444. The number of carbonyl (C=O) groups is 3. The molecule has 1 aliphatic heterocycles. The number of hydrogen-bond acceptors (Lipinski definition) is 4. The van der Waals surface area contributed by atoms with Crippen LogP contribution in [0.4, 0.5) is 4.79 Å². The van der Waals surface area contributed by atoms with Crippen LogP contribution in [-0.2, 0) is 14.3 Å². The van der Waals surface area contributed by atoms with Crippen LogP contribution >= 0.6 is 0 Å². The van der Waals surface area contributed by atoms with Crippen LogP contribution in [0.5, 0.6) is 0 Å². The van der Waals surface area contributed by atoms with Crippen LogP contribution in [0.15, 0.2) is 48.5 Å². The Morgan fingerprint density at radius 1 is 1.03 bits per heavy atom. The molecule has 2 aromatic carbocycles. The first-order valence-corrected chi connectivity index (χ1v) is 12.0. The number of rotatable bonds is 8. The van der Waals surface area contributed by atoms with E-state index in [1.165, 1.54) is 11.1 Å². The number of amides is 2. The maximum absolute atomic E-state index is 12.6. The summed E-state index contributed by atoms with van der Waals surface area (Å²) in [6.45, 7) is 3.32. The Kier molecular flexibility index (Phi) is 7.50. The minimum Gasteiger partial charge on any atom is -0.481 e. The van der Waals surface area contributed by atoms with E-state index in [1.807, 2.05) is 29.2 Å². The van der Waals surface area contributed by atoms with Crippen molar-refractivity contribution < 1.29 is 24.2 Å². The number of carboxylic acids is 1. The Balaban J connectivity index is 1.23. The Hall–Kier alpha value is -3.35. The van der Waals surface area contributed by atoms with Crippen molar-refractivity contribution >= 4 is 18.0 Å². The quantitative estimate of drug-likeness (QED) is 0.603. The zero-order valence-corrected chi connectivity index (χ0v) is 19.5. The predicted molar refractivity (Wildman–Crippen MR) is 128 cm³/mol. The molecule has 7 nitrogen and oxygen atoms in total. The molecule has 34 heavy (non-hydrogen) atoms. The van der Waals surface area contributed by atoms with Gasteiger partial charge < -0.3 is 20.1 Å². The number of benzene rings is 2. The van der Waals surface area contributed by atoms with Crippen LogP contribution in [0.3, 0.4) is 0 Å². The number of alkyl carbamates (subject to hydrolysis) is 1. The van der Waals surface area contributed by atoms with Gasteiger partial charge in [-0.25, -0.2) is 4.79 Å². The fourth-order valence-corrected chi connectivity index (χ4v) is 5.08. The highest BCUT2D eigenvalue weighted by molar-refractivity contribution is 5.79. The molecule has 1 atom stereocenters. The summed E-state index contributed by atoms with van der Waals surface area (Å²) in [6, 6.07) is 16.0. The minimum atomic E-state index is -0.772. The van der Waals surface area contributed by atoms with Crippen molar-refractivity contribution in [2.24, 2.45) is 5.92 Å². The van der Waals surface area contributed by atoms with E-state index in [0.29, 0.717) is 25.4 Å². The highest BCUT2D eigenvalue weighted by Crippen LogP contribution is 2.44. The Morgan fingerprint density at radius 2 is 1.62 bits per heavy atom. The monoisotopic (exact) mass is 464 g/mol. The second-order valence-corrected chi connectivity index (χ2v) is 9.33. The van der Waals surface area contributed by atoms with E-state index in [4.69, 9.17) is 9.84 Å². The minimum absolute atomic E-state index is 0.00230. The molecule has 0 saturated carbocycles. The lowest BCUT2D eigenvalue weighted by molar-refractivity contribution is -0.138. The Bertz CT molecular complexity index is 999. The van der Waals surface area contributed by atoms with Crippen LogP contribution in [0.2, 0.25) is 0 Å². The average Bonchev–Trinajstić information content (AvgIpc) is 3.15. The molecule has 1 heterocycles. The zero-order chi connectivity index (χ0) is 24.1. The van der Waals surface area contributed by atoms with E-state index in [0.717, 1.165) is 24.0 Å². The van der Waals surface area contributed by atoms with Crippen LogP contribution in [0, 0.1) is 5.92 Å². The number of piperidine rings is 1. The molecule has 2 aliphatic rings. The lowest BCUT2D eigenvalue weighted by atomic mass is 9.92. The number of hydrogen-bond donors (Lipinski definition) is 2. The van der Waals surface area contributed by atoms with Gasteiger partial charge in [0, 0.05) is 37.9 Å². The number of carbonyl (C=O) groups excluding carboxylic acids is 2. The molecular weight excluding hydrogens is 432 g/mol. The highest BCUT2D eigenvalue weighted by Gasteiger charge is 2.29. The average molecular weight is 465 g/mol. The fourth-order valence-electron chi connectivity index (χ4n) is 5.08. The molecule has 0 spiro atoms. The molecule has 0 bridgehead atoms. The molecule has 2 aromatic rings. The zero-order valence-electron chi connectivity index (χ0n) is 19.5. The lowest BCUT2D eigenvalue weighted by Gasteiger charge is -2.32. The third-order valence-corrected chi connectivity index (χ3v) is 6.92. The Labute approximate surface area is 200 Å². The maximum Gasteiger partial charge on any atom is 0.407 e. The first-order chi connectivity index (χ1) is 16.4. The molecule has 7 heteroatoms. The molecule has 1 saturated heterocycles. The smallest absolute Gasteiger partial charge is 0.407 e. The van der Waals surface area contributed by atoms with Crippen molar-refractivity contribution in [1.82, 2.24) is 10.2 Å². The summed E-state index contributed by atoms with van der Waals surface area (Å²) in [5.41, 5.74) is 4.67.